The van der Waals surface area contributed by atoms with Crippen molar-refractivity contribution in [2.45, 2.75) is 38.2 Å². The molecule has 1 amide bonds. The van der Waals surface area contributed by atoms with Crippen molar-refractivity contribution in [2.75, 3.05) is 13.1 Å². The Morgan fingerprint density at radius 1 is 1.21 bits per heavy atom. The van der Waals surface area contributed by atoms with Gasteiger partial charge >= 0.3 is 5.97 Å². The number of carbonyl (C=O) groups is 2. The maximum absolute atomic E-state index is 13.2. The van der Waals surface area contributed by atoms with Gasteiger partial charge in [-0.2, -0.15) is 0 Å². The molecule has 1 aliphatic carbocycles. The Morgan fingerprint density at radius 3 is 2.46 bits per heavy atom. The molecule has 1 unspecified atom stereocenters. The van der Waals surface area contributed by atoms with Crippen molar-refractivity contribution >= 4 is 11.9 Å². The molecule has 2 aliphatic rings. The minimum absolute atomic E-state index is 0.0229. The molecule has 1 atom stereocenters. The van der Waals surface area contributed by atoms with E-state index in [1.807, 2.05) is 0 Å². The molecule has 1 aliphatic heterocycles. The second-order valence-corrected chi connectivity index (χ2v) is 6.72. The van der Waals surface area contributed by atoms with Crippen LogP contribution in [0, 0.1) is 17.0 Å². The highest BCUT2D eigenvalue weighted by Gasteiger charge is 2.47. The first kappa shape index (κ1) is 16.7. The fourth-order valence-corrected chi connectivity index (χ4v) is 3.19. The van der Waals surface area contributed by atoms with Crippen molar-refractivity contribution in [2.24, 2.45) is 5.41 Å². The molecule has 0 radical (unpaired) electrons. The predicted molar refractivity (Wildman–Crippen MR) is 80.5 cm³/mol. The molecule has 7 heteroatoms. The Bertz CT molecular complexity index is 640. The average Bonchev–Trinajstić information content (AvgIpc) is 3.03. The fourth-order valence-electron chi connectivity index (χ4n) is 3.19. The van der Waals surface area contributed by atoms with Crippen molar-refractivity contribution < 1.29 is 28.2 Å². The Balaban J connectivity index is 1.53. The Hall–Kier alpha value is -2.18. The molecule has 1 saturated heterocycles. The third-order valence-electron chi connectivity index (χ3n) is 4.65. The number of nitrogens with zero attached hydrogens (tertiary/aromatic N) is 1. The number of carboxylic acids is 1. The molecule has 1 heterocycles. The largest absolute Gasteiger partial charge is 0.488 e. The number of aliphatic carboxylic acids is 1. The molecule has 5 nitrogen and oxygen atoms in total. The molecule has 1 N–H and O–H groups in total. The Kier molecular flexibility index (Phi) is 4.43. The van der Waals surface area contributed by atoms with E-state index < -0.39 is 17.6 Å². The summed E-state index contributed by atoms with van der Waals surface area (Å²) in [5.74, 6) is -2.27. The lowest BCUT2D eigenvalue weighted by Crippen LogP contribution is -2.33. The molecule has 3 rings (SSSR count). The van der Waals surface area contributed by atoms with Crippen LogP contribution in [0.25, 0.3) is 0 Å². The van der Waals surface area contributed by atoms with E-state index in [9.17, 15) is 18.4 Å². The highest BCUT2D eigenvalue weighted by atomic mass is 19.1. The van der Waals surface area contributed by atoms with E-state index in [1.165, 1.54) is 0 Å². The lowest BCUT2D eigenvalue weighted by atomic mass is 9.97. The minimum Gasteiger partial charge on any atom is -0.488 e. The van der Waals surface area contributed by atoms with Crippen LogP contribution in [-0.2, 0) is 9.59 Å². The van der Waals surface area contributed by atoms with Crippen LogP contribution in [0.2, 0.25) is 0 Å². The zero-order valence-corrected chi connectivity index (χ0v) is 13.1. The van der Waals surface area contributed by atoms with Crippen LogP contribution in [0.3, 0.4) is 0 Å². The molecule has 1 saturated carbocycles. The monoisotopic (exact) mass is 339 g/mol. The number of carbonyl (C=O) groups excluding carboxylic acids is 1. The standard InChI is InChI=1S/C17H19F2NO4/c18-11-5-12(19)7-14(6-11)24-13-1-4-20(10-13)15(21)8-17(2-3-17)9-16(22)23/h5-7,13H,1-4,8-10H2,(H,22,23). The Labute approximate surface area is 138 Å². The van der Waals surface area contributed by atoms with Gasteiger partial charge in [0.25, 0.3) is 0 Å². The second kappa shape index (κ2) is 6.37. The van der Waals surface area contributed by atoms with Gasteiger partial charge < -0.3 is 14.7 Å². The van der Waals surface area contributed by atoms with Gasteiger partial charge in [0.1, 0.15) is 23.5 Å². The number of hydrogen-bond acceptors (Lipinski definition) is 3. The van der Waals surface area contributed by atoms with Gasteiger partial charge in [-0.1, -0.05) is 0 Å². The third kappa shape index (κ3) is 4.01. The number of ether oxygens (including phenoxy) is 1. The number of hydrogen-bond donors (Lipinski definition) is 1. The normalized spacial score (nSPS) is 21.6. The third-order valence-corrected chi connectivity index (χ3v) is 4.65. The summed E-state index contributed by atoms with van der Waals surface area (Å²) in [5, 5.41) is 8.91. The van der Waals surface area contributed by atoms with Gasteiger partial charge in [-0.15, -0.1) is 0 Å². The van der Waals surface area contributed by atoms with E-state index >= 15 is 0 Å². The lowest BCUT2D eigenvalue weighted by molar-refractivity contribution is -0.139. The highest BCUT2D eigenvalue weighted by molar-refractivity contribution is 5.79. The van der Waals surface area contributed by atoms with Crippen LogP contribution in [0.5, 0.6) is 5.75 Å². The molecule has 130 valence electrons. The second-order valence-electron chi connectivity index (χ2n) is 6.72. The van der Waals surface area contributed by atoms with Gasteiger partial charge in [-0.25, -0.2) is 8.78 Å². The SMILES string of the molecule is O=C(O)CC1(CC(=O)N2CCC(Oc3cc(F)cc(F)c3)C2)CC1. The van der Waals surface area contributed by atoms with Gasteiger partial charge in [0.05, 0.1) is 13.0 Å². The van der Waals surface area contributed by atoms with Gasteiger partial charge in [-0.05, 0) is 18.3 Å². The topological polar surface area (TPSA) is 66.8 Å². The highest BCUT2D eigenvalue weighted by Crippen LogP contribution is 2.52. The first-order valence-electron chi connectivity index (χ1n) is 7.98. The zero-order valence-electron chi connectivity index (χ0n) is 13.1. The molecular weight excluding hydrogens is 320 g/mol. The number of rotatable bonds is 6. The summed E-state index contributed by atoms with van der Waals surface area (Å²) in [7, 11) is 0. The molecule has 24 heavy (non-hydrogen) atoms. The summed E-state index contributed by atoms with van der Waals surface area (Å²) in [6.07, 6.45) is 2.05. The smallest absolute Gasteiger partial charge is 0.303 e. The maximum Gasteiger partial charge on any atom is 0.303 e. The summed E-state index contributed by atoms with van der Waals surface area (Å²) in [6.45, 7) is 0.852. The predicted octanol–water partition coefficient (Wildman–Crippen LogP) is 2.59. The minimum atomic E-state index is -0.879. The first-order chi connectivity index (χ1) is 11.3. The summed E-state index contributed by atoms with van der Waals surface area (Å²) in [5.41, 5.74) is -0.381. The summed E-state index contributed by atoms with van der Waals surface area (Å²) < 4.78 is 31.9. The van der Waals surface area contributed by atoms with Crippen molar-refractivity contribution in [3.63, 3.8) is 0 Å². The first-order valence-corrected chi connectivity index (χ1v) is 7.98. The molecule has 2 fully saturated rings. The van der Waals surface area contributed by atoms with Crippen LogP contribution in [0.15, 0.2) is 18.2 Å². The fraction of sp³-hybridized carbons (Fsp3) is 0.529. The summed E-state index contributed by atoms with van der Waals surface area (Å²) >= 11 is 0. The van der Waals surface area contributed by atoms with E-state index in [0.717, 1.165) is 31.0 Å². The van der Waals surface area contributed by atoms with Gasteiger partial charge in [0, 0.05) is 37.6 Å². The van der Waals surface area contributed by atoms with Gasteiger partial charge in [-0.3, -0.25) is 9.59 Å². The molecule has 0 aromatic heterocycles. The Morgan fingerprint density at radius 2 is 1.88 bits per heavy atom. The molecule has 0 spiro atoms. The molecule has 0 bridgehead atoms. The van der Waals surface area contributed by atoms with E-state index in [4.69, 9.17) is 9.84 Å². The summed E-state index contributed by atoms with van der Waals surface area (Å²) in [6, 6.07) is 2.99. The van der Waals surface area contributed by atoms with Crippen molar-refractivity contribution in [3.05, 3.63) is 29.8 Å². The quantitative estimate of drug-likeness (QED) is 0.865. The van der Waals surface area contributed by atoms with Crippen LogP contribution < -0.4 is 4.74 Å². The number of amides is 1. The van der Waals surface area contributed by atoms with Crippen molar-refractivity contribution in [3.8, 4) is 5.75 Å². The number of benzene rings is 1. The summed E-state index contributed by atoms with van der Waals surface area (Å²) in [4.78, 5) is 24.8. The molecule has 1 aromatic carbocycles. The van der Waals surface area contributed by atoms with Crippen LogP contribution in [-0.4, -0.2) is 41.1 Å². The van der Waals surface area contributed by atoms with E-state index in [-0.39, 0.29) is 36.0 Å². The van der Waals surface area contributed by atoms with E-state index in [2.05, 4.69) is 0 Å². The van der Waals surface area contributed by atoms with Crippen LogP contribution in [0.4, 0.5) is 8.78 Å². The van der Waals surface area contributed by atoms with Gasteiger partial charge in [0.15, 0.2) is 0 Å². The van der Waals surface area contributed by atoms with E-state index in [0.29, 0.717) is 19.5 Å². The number of halogens is 2. The average molecular weight is 339 g/mol. The lowest BCUT2D eigenvalue weighted by Gasteiger charge is -2.20. The van der Waals surface area contributed by atoms with Crippen molar-refractivity contribution in [1.29, 1.82) is 0 Å². The van der Waals surface area contributed by atoms with Crippen LogP contribution in [0.1, 0.15) is 32.1 Å². The molecule has 1 aromatic rings. The van der Waals surface area contributed by atoms with Gasteiger partial charge in [0.2, 0.25) is 5.91 Å². The van der Waals surface area contributed by atoms with E-state index in [1.54, 1.807) is 4.90 Å². The molecular formula is C17H19F2NO4. The zero-order chi connectivity index (χ0) is 17.3. The number of carboxylic acid groups (broad SMARTS) is 1. The number of likely N-dealkylation sites (tertiary alicyclic amines) is 1. The van der Waals surface area contributed by atoms with Crippen molar-refractivity contribution in [1.82, 2.24) is 4.90 Å². The maximum atomic E-state index is 13.2. The van der Waals surface area contributed by atoms with Crippen LogP contribution >= 0.6 is 0 Å².